The standard InChI is InChI=1S/C14H15N3O6/c1-4-6-15(7-5-2)13-11(16(20)21)8-10(14(18)19)9(3)12(13)17(22)23/h4-5,8H,1-2,6-7H2,3H3,(H,18,19). The Morgan fingerprint density at radius 2 is 1.78 bits per heavy atom. The molecule has 1 N–H and O–H groups in total. The Balaban J connectivity index is 3.89. The average molecular weight is 321 g/mol. The highest BCUT2D eigenvalue weighted by Gasteiger charge is 2.34. The van der Waals surface area contributed by atoms with E-state index in [2.05, 4.69) is 13.2 Å². The second kappa shape index (κ2) is 7.16. The molecule has 0 atom stereocenters. The van der Waals surface area contributed by atoms with E-state index in [0.29, 0.717) is 0 Å². The summed E-state index contributed by atoms with van der Waals surface area (Å²) in [4.78, 5) is 33.6. The highest BCUT2D eigenvalue weighted by molar-refractivity contribution is 5.95. The summed E-state index contributed by atoms with van der Waals surface area (Å²) in [5, 5.41) is 31.8. The second-order valence-electron chi connectivity index (χ2n) is 4.57. The summed E-state index contributed by atoms with van der Waals surface area (Å²) in [7, 11) is 0. The first-order valence-corrected chi connectivity index (χ1v) is 6.42. The molecule has 0 aliphatic carbocycles. The zero-order valence-electron chi connectivity index (χ0n) is 12.4. The van der Waals surface area contributed by atoms with Crippen molar-refractivity contribution >= 4 is 23.0 Å². The molecule has 0 unspecified atom stereocenters. The number of benzene rings is 1. The minimum atomic E-state index is -1.47. The van der Waals surface area contributed by atoms with Gasteiger partial charge in [-0.2, -0.15) is 0 Å². The van der Waals surface area contributed by atoms with Gasteiger partial charge in [-0.25, -0.2) is 4.79 Å². The lowest BCUT2D eigenvalue weighted by Gasteiger charge is -2.22. The summed E-state index contributed by atoms with van der Waals surface area (Å²) in [5.41, 5.74) is -2.16. The maximum Gasteiger partial charge on any atom is 0.336 e. The number of hydrogen-bond acceptors (Lipinski definition) is 6. The van der Waals surface area contributed by atoms with Crippen LogP contribution in [0.1, 0.15) is 15.9 Å². The third-order valence-electron chi connectivity index (χ3n) is 3.13. The molecule has 0 bridgehead atoms. The molecule has 0 spiro atoms. The van der Waals surface area contributed by atoms with Crippen molar-refractivity contribution in [2.24, 2.45) is 0 Å². The Labute approximate surface area is 131 Å². The fourth-order valence-corrected chi connectivity index (χ4v) is 2.21. The number of aromatic carboxylic acids is 1. The molecule has 122 valence electrons. The van der Waals surface area contributed by atoms with E-state index in [-0.39, 0.29) is 24.3 Å². The van der Waals surface area contributed by atoms with Gasteiger partial charge in [0.15, 0.2) is 5.69 Å². The Morgan fingerprint density at radius 1 is 1.26 bits per heavy atom. The third-order valence-corrected chi connectivity index (χ3v) is 3.13. The Morgan fingerprint density at radius 3 is 2.13 bits per heavy atom. The van der Waals surface area contributed by atoms with Gasteiger partial charge >= 0.3 is 17.3 Å². The van der Waals surface area contributed by atoms with Gasteiger partial charge in [-0.3, -0.25) is 20.2 Å². The summed E-state index contributed by atoms with van der Waals surface area (Å²) in [5.74, 6) is -1.47. The van der Waals surface area contributed by atoms with Crippen LogP contribution in [0.25, 0.3) is 0 Å². The summed E-state index contributed by atoms with van der Waals surface area (Å²) in [6, 6.07) is 0.833. The Kier molecular flexibility index (Phi) is 5.55. The van der Waals surface area contributed by atoms with E-state index in [1.807, 2.05) is 0 Å². The molecule has 0 saturated heterocycles. The van der Waals surface area contributed by atoms with E-state index in [4.69, 9.17) is 5.11 Å². The predicted molar refractivity (Wildman–Crippen MR) is 84.1 cm³/mol. The van der Waals surface area contributed by atoms with Gasteiger partial charge in [0, 0.05) is 24.7 Å². The normalized spacial score (nSPS) is 9.96. The molecule has 9 heteroatoms. The minimum absolute atomic E-state index is 0.0968. The van der Waals surface area contributed by atoms with E-state index < -0.39 is 32.8 Å². The number of anilines is 1. The molecule has 1 rings (SSSR count). The molecule has 1 aromatic carbocycles. The summed E-state index contributed by atoms with van der Waals surface area (Å²) < 4.78 is 0. The first-order chi connectivity index (χ1) is 10.8. The van der Waals surface area contributed by atoms with Gasteiger partial charge in [-0.1, -0.05) is 12.2 Å². The number of rotatable bonds is 8. The van der Waals surface area contributed by atoms with Crippen LogP contribution in [0.2, 0.25) is 0 Å². The zero-order chi connectivity index (χ0) is 17.7. The van der Waals surface area contributed by atoms with E-state index in [0.717, 1.165) is 6.07 Å². The molecule has 0 fully saturated rings. The van der Waals surface area contributed by atoms with Crippen LogP contribution in [0.5, 0.6) is 0 Å². The first kappa shape index (κ1) is 17.8. The molecular weight excluding hydrogens is 306 g/mol. The molecule has 0 heterocycles. The van der Waals surface area contributed by atoms with Crippen LogP contribution < -0.4 is 4.90 Å². The van der Waals surface area contributed by atoms with Crippen LogP contribution >= 0.6 is 0 Å². The van der Waals surface area contributed by atoms with E-state index in [1.54, 1.807) is 0 Å². The van der Waals surface area contributed by atoms with E-state index >= 15 is 0 Å². The van der Waals surface area contributed by atoms with Gasteiger partial charge in [-0.15, -0.1) is 13.2 Å². The van der Waals surface area contributed by atoms with Crippen molar-refractivity contribution in [3.8, 4) is 0 Å². The molecule has 23 heavy (non-hydrogen) atoms. The van der Waals surface area contributed by atoms with Crippen molar-refractivity contribution < 1.29 is 19.7 Å². The first-order valence-electron chi connectivity index (χ1n) is 6.42. The smallest absolute Gasteiger partial charge is 0.336 e. The van der Waals surface area contributed by atoms with Crippen molar-refractivity contribution in [1.82, 2.24) is 0 Å². The maximum atomic E-state index is 11.4. The van der Waals surface area contributed by atoms with Crippen LogP contribution in [-0.4, -0.2) is 34.0 Å². The zero-order valence-corrected chi connectivity index (χ0v) is 12.4. The van der Waals surface area contributed by atoms with E-state index in [9.17, 15) is 25.0 Å². The van der Waals surface area contributed by atoms with Crippen molar-refractivity contribution in [1.29, 1.82) is 0 Å². The molecule has 0 saturated carbocycles. The number of carbonyl (C=O) groups is 1. The van der Waals surface area contributed by atoms with Crippen LogP contribution in [0, 0.1) is 27.2 Å². The maximum absolute atomic E-state index is 11.4. The minimum Gasteiger partial charge on any atom is -0.478 e. The molecule has 0 aromatic heterocycles. The largest absolute Gasteiger partial charge is 0.478 e. The van der Waals surface area contributed by atoms with Crippen molar-refractivity contribution in [2.75, 3.05) is 18.0 Å². The second-order valence-corrected chi connectivity index (χ2v) is 4.57. The van der Waals surface area contributed by atoms with Crippen molar-refractivity contribution in [3.63, 3.8) is 0 Å². The summed E-state index contributed by atoms with van der Waals surface area (Å²) in [6.45, 7) is 8.47. The monoisotopic (exact) mass is 321 g/mol. The number of carboxylic acids is 1. The molecule has 9 nitrogen and oxygen atoms in total. The van der Waals surface area contributed by atoms with Crippen molar-refractivity contribution in [2.45, 2.75) is 6.92 Å². The van der Waals surface area contributed by atoms with Gasteiger partial charge in [-0.05, 0) is 6.92 Å². The lowest BCUT2D eigenvalue weighted by atomic mass is 10.0. The quantitative estimate of drug-likeness (QED) is 0.443. The van der Waals surface area contributed by atoms with Crippen LogP contribution in [0.15, 0.2) is 31.4 Å². The topological polar surface area (TPSA) is 127 Å². The van der Waals surface area contributed by atoms with Gasteiger partial charge < -0.3 is 10.0 Å². The fourth-order valence-electron chi connectivity index (χ4n) is 2.21. The van der Waals surface area contributed by atoms with Crippen molar-refractivity contribution in [3.05, 3.63) is 62.7 Å². The highest BCUT2D eigenvalue weighted by Crippen LogP contribution is 2.41. The predicted octanol–water partition coefficient (Wildman–Crippen LogP) is 2.69. The third kappa shape index (κ3) is 3.51. The molecule has 0 radical (unpaired) electrons. The number of hydrogen-bond donors (Lipinski definition) is 1. The SMILES string of the molecule is C=CCN(CC=C)c1c([N+](=O)[O-])cc(C(=O)O)c(C)c1[N+](=O)[O-]. The van der Waals surface area contributed by atoms with E-state index in [1.165, 1.54) is 24.0 Å². The Bertz CT molecular complexity index is 688. The summed E-state index contributed by atoms with van der Waals surface area (Å²) in [6.07, 6.45) is 2.86. The number of nitrogens with zero attached hydrogens (tertiary/aromatic N) is 3. The number of nitro groups is 2. The number of carboxylic acid groups (broad SMARTS) is 1. The molecule has 0 aliphatic rings. The van der Waals surface area contributed by atoms with Crippen LogP contribution in [0.3, 0.4) is 0 Å². The van der Waals surface area contributed by atoms with Gasteiger partial charge in [0.1, 0.15) is 0 Å². The van der Waals surface area contributed by atoms with Crippen LogP contribution in [0.4, 0.5) is 17.1 Å². The lowest BCUT2D eigenvalue weighted by Crippen LogP contribution is -2.26. The van der Waals surface area contributed by atoms with Gasteiger partial charge in [0.2, 0.25) is 0 Å². The van der Waals surface area contributed by atoms with Gasteiger partial charge in [0.25, 0.3) is 0 Å². The molecular formula is C14H15N3O6. The Hall–Kier alpha value is -3.23. The molecule has 1 aromatic rings. The molecule has 0 aliphatic heterocycles. The highest BCUT2D eigenvalue weighted by atomic mass is 16.6. The molecule has 0 amide bonds. The van der Waals surface area contributed by atoms with Gasteiger partial charge in [0.05, 0.1) is 15.4 Å². The fraction of sp³-hybridized carbons (Fsp3) is 0.214. The van der Waals surface area contributed by atoms with Crippen LogP contribution in [-0.2, 0) is 0 Å². The number of nitro benzene ring substituents is 2. The lowest BCUT2D eigenvalue weighted by molar-refractivity contribution is -0.393. The summed E-state index contributed by atoms with van der Waals surface area (Å²) >= 11 is 0. The average Bonchev–Trinajstić information content (AvgIpc) is 2.45.